The number of carboxylic acid groups (broad SMARTS) is 1. The molecule has 0 spiro atoms. The molecule has 0 saturated carbocycles. The number of hydrogen-bond acceptors (Lipinski definition) is 4. The van der Waals surface area contributed by atoms with Crippen molar-refractivity contribution in [2.75, 3.05) is 19.8 Å². The first-order valence-electron chi connectivity index (χ1n) is 6.18. The van der Waals surface area contributed by atoms with Crippen molar-refractivity contribution in [1.29, 1.82) is 0 Å². The molecule has 6 nitrogen and oxygen atoms in total. The smallest absolute Gasteiger partial charge is 0.330 e. The minimum atomic E-state index is -1.49. The number of aliphatic carboxylic acids is 1. The Morgan fingerprint density at radius 3 is 2.50 bits per heavy atom. The van der Waals surface area contributed by atoms with Crippen molar-refractivity contribution in [3.63, 3.8) is 0 Å². The van der Waals surface area contributed by atoms with Gasteiger partial charge in [-0.05, 0) is 24.2 Å². The van der Waals surface area contributed by atoms with Gasteiger partial charge < -0.3 is 20.9 Å². The van der Waals surface area contributed by atoms with Gasteiger partial charge in [-0.1, -0.05) is 13.8 Å². The van der Waals surface area contributed by atoms with E-state index >= 15 is 0 Å². The average molecular weight is 258 g/mol. The summed E-state index contributed by atoms with van der Waals surface area (Å²) in [6.07, 6.45) is 1.93. The fraction of sp³-hybridized carbons (Fsp3) is 0.833. The molecule has 1 atom stereocenters. The van der Waals surface area contributed by atoms with E-state index in [1.54, 1.807) is 0 Å². The quantitative estimate of drug-likeness (QED) is 0.601. The van der Waals surface area contributed by atoms with Crippen LogP contribution in [-0.4, -0.2) is 42.8 Å². The lowest BCUT2D eigenvalue weighted by Crippen LogP contribution is -2.49. The topological polar surface area (TPSA) is 102 Å². The van der Waals surface area contributed by atoms with E-state index in [1.807, 2.05) is 0 Å². The zero-order valence-electron chi connectivity index (χ0n) is 10.9. The third-order valence-electron chi connectivity index (χ3n) is 3.59. The molecule has 1 fully saturated rings. The van der Waals surface area contributed by atoms with Crippen LogP contribution in [0.3, 0.4) is 0 Å². The first-order valence-corrected chi connectivity index (χ1v) is 6.18. The molecule has 0 aliphatic carbocycles. The Bertz CT molecular complexity index is 311. The van der Waals surface area contributed by atoms with Crippen LogP contribution in [0.2, 0.25) is 0 Å². The van der Waals surface area contributed by atoms with Gasteiger partial charge in [-0.3, -0.25) is 4.79 Å². The standard InChI is InChI=1S/C12H22N2O4/c1-12(2,8-3-5-18-6-4-8)7-14-10(15)9(13)11(16)17/h8-9H,3-7,13H2,1-2H3,(H,14,15)(H,16,17). The van der Waals surface area contributed by atoms with Gasteiger partial charge >= 0.3 is 5.97 Å². The zero-order valence-corrected chi connectivity index (χ0v) is 10.9. The molecule has 1 unspecified atom stereocenters. The highest BCUT2D eigenvalue weighted by atomic mass is 16.5. The van der Waals surface area contributed by atoms with E-state index in [2.05, 4.69) is 19.2 Å². The zero-order chi connectivity index (χ0) is 13.8. The Balaban J connectivity index is 2.45. The van der Waals surface area contributed by atoms with E-state index in [4.69, 9.17) is 15.6 Å². The summed E-state index contributed by atoms with van der Waals surface area (Å²) in [6.45, 7) is 6.05. The third-order valence-corrected chi connectivity index (χ3v) is 3.59. The van der Waals surface area contributed by atoms with Crippen LogP contribution in [0.4, 0.5) is 0 Å². The summed E-state index contributed by atoms with van der Waals surface area (Å²) in [6, 6.07) is -1.49. The molecule has 1 amide bonds. The second-order valence-corrected chi connectivity index (χ2v) is 5.41. The van der Waals surface area contributed by atoms with Gasteiger partial charge in [-0.15, -0.1) is 0 Å². The predicted molar refractivity (Wildman–Crippen MR) is 65.9 cm³/mol. The number of amides is 1. The summed E-state index contributed by atoms with van der Waals surface area (Å²) < 4.78 is 5.31. The third kappa shape index (κ3) is 3.96. The van der Waals surface area contributed by atoms with E-state index in [0.29, 0.717) is 12.5 Å². The SMILES string of the molecule is CC(C)(CNC(=O)C(N)C(=O)O)C1CCOCC1. The maximum atomic E-state index is 11.5. The van der Waals surface area contributed by atoms with Gasteiger partial charge in [0.15, 0.2) is 6.04 Å². The van der Waals surface area contributed by atoms with Crippen molar-refractivity contribution in [3.8, 4) is 0 Å². The Kier molecular flexibility index (Phi) is 5.10. The molecule has 104 valence electrons. The van der Waals surface area contributed by atoms with E-state index < -0.39 is 17.9 Å². The lowest BCUT2D eigenvalue weighted by Gasteiger charge is -2.37. The molecule has 1 rings (SSSR count). The summed E-state index contributed by atoms with van der Waals surface area (Å²) >= 11 is 0. The number of carboxylic acids is 1. The molecule has 1 aliphatic heterocycles. The minimum absolute atomic E-state index is 0.0857. The molecular formula is C12H22N2O4. The van der Waals surface area contributed by atoms with Crippen LogP contribution in [0, 0.1) is 11.3 Å². The largest absolute Gasteiger partial charge is 0.480 e. The van der Waals surface area contributed by atoms with Crippen molar-refractivity contribution in [3.05, 3.63) is 0 Å². The average Bonchev–Trinajstić information content (AvgIpc) is 2.36. The van der Waals surface area contributed by atoms with Crippen molar-refractivity contribution in [2.45, 2.75) is 32.7 Å². The summed E-state index contributed by atoms with van der Waals surface area (Å²) in [7, 11) is 0. The molecule has 0 aromatic carbocycles. The Hall–Kier alpha value is -1.14. The van der Waals surface area contributed by atoms with Crippen LogP contribution >= 0.6 is 0 Å². The first kappa shape index (κ1) is 14.9. The maximum Gasteiger partial charge on any atom is 0.330 e. The van der Waals surface area contributed by atoms with Gasteiger partial charge in [-0.2, -0.15) is 0 Å². The highest BCUT2D eigenvalue weighted by Crippen LogP contribution is 2.33. The predicted octanol–water partition coefficient (Wildman–Crippen LogP) is -0.0327. The van der Waals surface area contributed by atoms with Gasteiger partial charge in [0.05, 0.1) is 0 Å². The first-order chi connectivity index (χ1) is 8.34. The Morgan fingerprint density at radius 1 is 1.44 bits per heavy atom. The fourth-order valence-electron chi connectivity index (χ4n) is 2.16. The molecular weight excluding hydrogens is 236 g/mol. The Labute approximate surface area is 107 Å². The lowest BCUT2D eigenvalue weighted by atomic mass is 9.74. The molecule has 0 aromatic heterocycles. The Morgan fingerprint density at radius 2 is 2.00 bits per heavy atom. The van der Waals surface area contributed by atoms with E-state index in [-0.39, 0.29) is 5.41 Å². The number of carbonyl (C=O) groups excluding carboxylic acids is 1. The van der Waals surface area contributed by atoms with Crippen molar-refractivity contribution in [2.24, 2.45) is 17.1 Å². The normalized spacial score (nSPS) is 19.3. The van der Waals surface area contributed by atoms with Gasteiger partial charge in [0.25, 0.3) is 0 Å². The second kappa shape index (κ2) is 6.15. The molecule has 18 heavy (non-hydrogen) atoms. The molecule has 6 heteroatoms. The highest BCUT2D eigenvalue weighted by molar-refractivity contribution is 6.00. The molecule has 1 aliphatic rings. The molecule has 0 aromatic rings. The molecule has 0 radical (unpaired) electrons. The van der Waals surface area contributed by atoms with Crippen LogP contribution in [0.5, 0.6) is 0 Å². The number of nitrogens with two attached hydrogens (primary N) is 1. The molecule has 4 N–H and O–H groups in total. The lowest BCUT2D eigenvalue weighted by molar-refractivity contribution is -0.142. The van der Waals surface area contributed by atoms with Gasteiger partial charge in [0.1, 0.15) is 0 Å². The number of ether oxygens (including phenoxy) is 1. The van der Waals surface area contributed by atoms with Gasteiger partial charge in [0, 0.05) is 19.8 Å². The van der Waals surface area contributed by atoms with Gasteiger partial charge in [0.2, 0.25) is 5.91 Å². The van der Waals surface area contributed by atoms with Crippen LogP contribution in [0.15, 0.2) is 0 Å². The van der Waals surface area contributed by atoms with Crippen LogP contribution < -0.4 is 11.1 Å². The highest BCUT2D eigenvalue weighted by Gasteiger charge is 2.32. The van der Waals surface area contributed by atoms with Crippen LogP contribution in [0.1, 0.15) is 26.7 Å². The van der Waals surface area contributed by atoms with E-state index in [1.165, 1.54) is 0 Å². The number of hydrogen-bond donors (Lipinski definition) is 3. The van der Waals surface area contributed by atoms with Crippen LogP contribution in [-0.2, 0) is 14.3 Å². The number of rotatable bonds is 5. The molecule has 0 bridgehead atoms. The summed E-state index contributed by atoms with van der Waals surface area (Å²) in [4.78, 5) is 22.0. The van der Waals surface area contributed by atoms with E-state index in [0.717, 1.165) is 26.1 Å². The maximum absolute atomic E-state index is 11.5. The summed E-state index contributed by atoms with van der Waals surface area (Å²) in [5.41, 5.74) is 5.15. The summed E-state index contributed by atoms with van der Waals surface area (Å²) in [5.74, 6) is -1.48. The monoisotopic (exact) mass is 258 g/mol. The second-order valence-electron chi connectivity index (χ2n) is 5.41. The fourth-order valence-corrected chi connectivity index (χ4v) is 2.16. The van der Waals surface area contributed by atoms with Crippen LogP contribution in [0.25, 0.3) is 0 Å². The summed E-state index contributed by atoms with van der Waals surface area (Å²) in [5, 5.41) is 11.2. The molecule has 1 heterocycles. The van der Waals surface area contributed by atoms with Gasteiger partial charge in [-0.25, -0.2) is 4.79 Å². The number of nitrogens with one attached hydrogen (secondary N) is 1. The van der Waals surface area contributed by atoms with E-state index in [9.17, 15) is 9.59 Å². The molecule has 1 saturated heterocycles. The van der Waals surface area contributed by atoms with Crippen molar-refractivity contribution < 1.29 is 19.4 Å². The van der Waals surface area contributed by atoms with Crippen molar-refractivity contribution >= 4 is 11.9 Å². The minimum Gasteiger partial charge on any atom is -0.480 e. The number of carbonyl (C=O) groups is 2. The van der Waals surface area contributed by atoms with Crippen molar-refractivity contribution in [1.82, 2.24) is 5.32 Å².